The van der Waals surface area contributed by atoms with Crippen LogP contribution >= 0.6 is 0 Å². The molecule has 3 heteroatoms. The van der Waals surface area contributed by atoms with Crippen LogP contribution in [0.25, 0.3) is 11.1 Å². The Morgan fingerprint density at radius 2 is 2.05 bits per heavy atom. The van der Waals surface area contributed by atoms with Gasteiger partial charge in [0.2, 0.25) is 0 Å². The normalized spacial score (nSPS) is 10.3. The van der Waals surface area contributed by atoms with Crippen molar-refractivity contribution in [1.82, 2.24) is 4.98 Å². The first-order valence-corrected chi connectivity index (χ1v) is 6.30. The molecule has 0 aliphatic rings. The number of carbonyl (C=O) groups excluding carboxylic acids is 1. The average Bonchev–Trinajstić information content (AvgIpc) is 2.46. The maximum atomic E-state index is 11.5. The third kappa shape index (κ3) is 2.81. The Hall–Kier alpha value is -2.16. The highest BCUT2D eigenvalue weighted by atomic mass is 16.5. The Morgan fingerprint density at radius 1 is 1.26 bits per heavy atom. The largest absolute Gasteiger partial charge is 0.464 e. The summed E-state index contributed by atoms with van der Waals surface area (Å²) in [7, 11) is 1.36. The molecule has 0 radical (unpaired) electrons. The Kier molecular flexibility index (Phi) is 3.95. The minimum atomic E-state index is -0.397. The molecule has 0 aliphatic carbocycles. The number of methoxy groups -OCH3 is 1. The molecular weight excluding hydrogens is 238 g/mol. The second-order valence-electron chi connectivity index (χ2n) is 4.44. The molecule has 1 aromatic carbocycles. The van der Waals surface area contributed by atoms with Gasteiger partial charge in [-0.3, -0.25) is 0 Å². The molecule has 0 spiro atoms. The fraction of sp³-hybridized carbons (Fsp3) is 0.250. The van der Waals surface area contributed by atoms with Crippen LogP contribution in [0.1, 0.15) is 28.5 Å². The number of pyridine rings is 1. The van der Waals surface area contributed by atoms with Gasteiger partial charge in [0.1, 0.15) is 0 Å². The van der Waals surface area contributed by atoms with Crippen molar-refractivity contribution in [2.75, 3.05) is 7.11 Å². The molecule has 0 bridgehead atoms. The van der Waals surface area contributed by atoms with Crippen LogP contribution in [0.2, 0.25) is 0 Å². The average molecular weight is 255 g/mol. The number of carbonyl (C=O) groups is 1. The molecule has 1 heterocycles. The summed E-state index contributed by atoms with van der Waals surface area (Å²) in [6, 6.07) is 10.3. The van der Waals surface area contributed by atoms with Crippen LogP contribution in [0.15, 0.2) is 36.5 Å². The molecule has 2 aromatic rings. The number of aromatic nitrogens is 1. The molecule has 1 aromatic heterocycles. The Bertz CT molecular complexity index is 605. The van der Waals surface area contributed by atoms with Gasteiger partial charge in [0, 0.05) is 11.8 Å². The van der Waals surface area contributed by atoms with Gasteiger partial charge < -0.3 is 4.74 Å². The summed E-state index contributed by atoms with van der Waals surface area (Å²) >= 11 is 0. The van der Waals surface area contributed by atoms with Crippen molar-refractivity contribution in [2.45, 2.75) is 20.3 Å². The van der Waals surface area contributed by atoms with Crippen molar-refractivity contribution in [2.24, 2.45) is 0 Å². The predicted molar refractivity (Wildman–Crippen MR) is 75.1 cm³/mol. The molecule has 0 unspecified atom stereocenters. The lowest BCUT2D eigenvalue weighted by molar-refractivity contribution is 0.0593. The summed E-state index contributed by atoms with van der Waals surface area (Å²) in [6.07, 6.45) is 2.72. The number of ether oxygens (including phenoxy) is 1. The molecule has 0 aliphatic heterocycles. The van der Waals surface area contributed by atoms with Crippen LogP contribution < -0.4 is 0 Å². The number of aryl methyl sites for hydroxylation is 2. The number of nitrogens with zero attached hydrogens (tertiary/aromatic N) is 1. The highest BCUT2D eigenvalue weighted by Gasteiger charge is 2.11. The topological polar surface area (TPSA) is 39.2 Å². The lowest BCUT2D eigenvalue weighted by atomic mass is 10.0. The minimum Gasteiger partial charge on any atom is -0.464 e. The summed E-state index contributed by atoms with van der Waals surface area (Å²) in [4.78, 5) is 15.7. The van der Waals surface area contributed by atoms with E-state index in [2.05, 4.69) is 24.0 Å². The van der Waals surface area contributed by atoms with Crippen LogP contribution in [0.3, 0.4) is 0 Å². The van der Waals surface area contributed by atoms with Crippen molar-refractivity contribution in [3.05, 3.63) is 53.3 Å². The van der Waals surface area contributed by atoms with Gasteiger partial charge in [-0.05, 0) is 36.1 Å². The second kappa shape index (κ2) is 5.65. The molecule has 0 amide bonds. The first kappa shape index (κ1) is 13.3. The number of rotatable bonds is 3. The lowest BCUT2D eigenvalue weighted by Gasteiger charge is -2.07. The van der Waals surface area contributed by atoms with Crippen molar-refractivity contribution < 1.29 is 9.53 Å². The van der Waals surface area contributed by atoms with Gasteiger partial charge in [0.25, 0.3) is 0 Å². The van der Waals surface area contributed by atoms with Crippen LogP contribution in [-0.2, 0) is 11.2 Å². The maximum absolute atomic E-state index is 11.5. The summed E-state index contributed by atoms with van der Waals surface area (Å²) in [5.74, 6) is -0.397. The molecule has 98 valence electrons. The fourth-order valence-electron chi connectivity index (χ4n) is 2.01. The number of hydrogen-bond acceptors (Lipinski definition) is 3. The van der Waals surface area contributed by atoms with E-state index in [9.17, 15) is 4.79 Å². The molecule has 0 saturated carbocycles. The van der Waals surface area contributed by atoms with E-state index in [-0.39, 0.29) is 0 Å². The van der Waals surface area contributed by atoms with E-state index < -0.39 is 5.97 Å². The second-order valence-corrected chi connectivity index (χ2v) is 4.44. The van der Waals surface area contributed by atoms with Gasteiger partial charge in [-0.25, -0.2) is 9.78 Å². The smallest absolute Gasteiger partial charge is 0.356 e. The standard InChI is InChI=1S/C16H17NO2/c1-4-12-6-5-7-13(9-12)14-8-11(2)15(17-10-14)16(18)19-3/h5-10H,4H2,1-3H3. The van der Waals surface area contributed by atoms with E-state index in [1.165, 1.54) is 12.7 Å². The van der Waals surface area contributed by atoms with Crippen molar-refractivity contribution in [3.8, 4) is 11.1 Å². The van der Waals surface area contributed by atoms with E-state index in [0.29, 0.717) is 5.69 Å². The summed E-state index contributed by atoms with van der Waals surface area (Å²) < 4.78 is 4.70. The van der Waals surface area contributed by atoms with E-state index in [4.69, 9.17) is 4.74 Å². The molecule has 19 heavy (non-hydrogen) atoms. The summed E-state index contributed by atoms with van der Waals surface area (Å²) in [6.45, 7) is 4.00. The van der Waals surface area contributed by atoms with E-state index in [1.54, 1.807) is 6.20 Å². The number of benzene rings is 1. The van der Waals surface area contributed by atoms with Gasteiger partial charge in [-0.2, -0.15) is 0 Å². The van der Waals surface area contributed by atoms with Gasteiger partial charge in [-0.15, -0.1) is 0 Å². The Balaban J connectivity index is 2.41. The van der Waals surface area contributed by atoms with Crippen molar-refractivity contribution in [1.29, 1.82) is 0 Å². The van der Waals surface area contributed by atoms with Gasteiger partial charge in [0.05, 0.1) is 7.11 Å². The lowest BCUT2D eigenvalue weighted by Crippen LogP contribution is -2.06. The first-order valence-electron chi connectivity index (χ1n) is 6.30. The molecule has 0 saturated heterocycles. The molecule has 0 fully saturated rings. The first-order chi connectivity index (χ1) is 9.15. The van der Waals surface area contributed by atoms with Crippen LogP contribution in [0.5, 0.6) is 0 Å². The maximum Gasteiger partial charge on any atom is 0.356 e. The highest BCUT2D eigenvalue weighted by molar-refractivity contribution is 5.89. The highest BCUT2D eigenvalue weighted by Crippen LogP contribution is 2.22. The van der Waals surface area contributed by atoms with Crippen LogP contribution in [0.4, 0.5) is 0 Å². The van der Waals surface area contributed by atoms with Crippen molar-refractivity contribution in [3.63, 3.8) is 0 Å². The zero-order valence-electron chi connectivity index (χ0n) is 11.4. The summed E-state index contributed by atoms with van der Waals surface area (Å²) in [5.41, 5.74) is 4.61. The molecule has 2 rings (SSSR count). The molecule has 0 N–H and O–H groups in total. The molecular formula is C16H17NO2. The van der Waals surface area contributed by atoms with Gasteiger partial charge >= 0.3 is 5.97 Å². The summed E-state index contributed by atoms with van der Waals surface area (Å²) in [5, 5.41) is 0. The van der Waals surface area contributed by atoms with Gasteiger partial charge in [-0.1, -0.05) is 31.2 Å². The Morgan fingerprint density at radius 3 is 2.68 bits per heavy atom. The van der Waals surface area contributed by atoms with Gasteiger partial charge in [0.15, 0.2) is 5.69 Å². The zero-order valence-corrected chi connectivity index (χ0v) is 11.4. The van der Waals surface area contributed by atoms with Crippen LogP contribution in [0, 0.1) is 6.92 Å². The van der Waals surface area contributed by atoms with Crippen molar-refractivity contribution >= 4 is 5.97 Å². The number of esters is 1. The van der Waals surface area contributed by atoms with Crippen LogP contribution in [-0.4, -0.2) is 18.1 Å². The monoisotopic (exact) mass is 255 g/mol. The van der Waals surface area contributed by atoms with E-state index >= 15 is 0 Å². The SMILES string of the molecule is CCc1cccc(-c2cnc(C(=O)OC)c(C)c2)c1. The predicted octanol–water partition coefficient (Wildman–Crippen LogP) is 3.41. The zero-order chi connectivity index (χ0) is 13.8. The Labute approximate surface area is 113 Å². The van der Waals surface area contributed by atoms with E-state index in [1.807, 2.05) is 25.1 Å². The molecule has 3 nitrogen and oxygen atoms in total. The molecule has 0 atom stereocenters. The third-order valence-electron chi connectivity index (χ3n) is 3.13. The van der Waals surface area contributed by atoms with E-state index in [0.717, 1.165) is 23.1 Å². The fourth-order valence-corrected chi connectivity index (χ4v) is 2.01. The third-order valence-corrected chi connectivity index (χ3v) is 3.13. The quantitative estimate of drug-likeness (QED) is 0.789. The minimum absolute atomic E-state index is 0.373. The number of hydrogen-bond donors (Lipinski definition) is 0.